The molecule has 0 aliphatic heterocycles. The Kier molecular flexibility index (Phi) is 4.29. The normalized spacial score (nSPS) is 11.1. The quantitative estimate of drug-likeness (QED) is 0.414. The van der Waals surface area contributed by atoms with Crippen LogP contribution in [0.1, 0.15) is 35.8 Å². The van der Waals surface area contributed by atoms with Crippen LogP contribution < -0.4 is 5.43 Å². The van der Waals surface area contributed by atoms with Gasteiger partial charge in [0.2, 0.25) is 11.1 Å². The first-order chi connectivity index (χ1) is 11.5. The Hall–Kier alpha value is -2.76. The number of aromatic nitrogens is 1. The molecule has 0 atom stereocenters. The van der Waals surface area contributed by atoms with E-state index in [1.807, 2.05) is 6.92 Å². The average Bonchev–Trinajstić information content (AvgIpc) is 2.55. The van der Waals surface area contributed by atoms with Crippen LogP contribution in [-0.4, -0.2) is 17.6 Å². The van der Waals surface area contributed by atoms with Crippen molar-refractivity contribution in [3.8, 4) is 0 Å². The molecule has 24 heavy (non-hydrogen) atoms. The van der Waals surface area contributed by atoms with Gasteiger partial charge in [-0.3, -0.25) is 4.79 Å². The average molecular weight is 329 g/mol. The van der Waals surface area contributed by atoms with Crippen LogP contribution in [-0.2, 0) is 4.74 Å². The van der Waals surface area contributed by atoms with Gasteiger partial charge in [-0.2, -0.15) is 0 Å². The molecule has 0 spiro atoms. The molecule has 5 nitrogen and oxygen atoms in total. The van der Waals surface area contributed by atoms with Crippen molar-refractivity contribution in [1.29, 1.82) is 0 Å². The number of ether oxygens (including phenoxy) is 1. The highest BCUT2D eigenvalue weighted by Crippen LogP contribution is 2.20. The number of hydrogen-bond acceptors (Lipinski definition) is 5. The molecule has 0 saturated heterocycles. The van der Waals surface area contributed by atoms with Crippen molar-refractivity contribution in [2.45, 2.75) is 26.7 Å². The number of rotatable bonds is 4. The van der Waals surface area contributed by atoms with E-state index in [9.17, 15) is 14.0 Å². The van der Waals surface area contributed by atoms with Crippen molar-refractivity contribution in [2.75, 3.05) is 6.61 Å². The monoisotopic (exact) mass is 329 g/mol. The summed E-state index contributed by atoms with van der Waals surface area (Å²) in [6.45, 7) is 3.95. The van der Waals surface area contributed by atoms with Crippen LogP contribution in [0.15, 0.2) is 33.5 Å². The molecule has 0 unspecified atom stereocenters. The van der Waals surface area contributed by atoms with E-state index in [-0.39, 0.29) is 27.6 Å². The lowest BCUT2D eigenvalue weighted by molar-refractivity contribution is 0.0498. The molecule has 0 amide bonds. The molecular formula is C18H16FNO4. The van der Waals surface area contributed by atoms with E-state index in [2.05, 4.69) is 4.98 Å². The van der Waals surface area contributed by atoms with Crippen LogP contribution >= 0.6 is 0 Å². The van der Waals surface area contributed by atoms with Gasteiger partial charge < -0.3 is 9.15 Å². The zero-order valence-electron chi connectivity index (χ0n) is 13.4. The summed E-state index contributed by atoms with van der Waals surface area (Å²) in [5, 5.41) is 0.236. The van der Waals surface area contributed by atoms with Gasteiger partial charge in [-0.1, -0.05) is 13.3 Å². The Labute approximate surface area is 137 Å². The summed E-state index contributed by atoms with van der Waals surface area (Å²) in [6, 6.07) is 5.11. The van der Waals surface area contributed by atoms with Gasteiger partial charge in [-0.15, -0.1) is 0 Å². The second-order valence-electron chi connectivity index (χ2n) is 5.54. The number of nitrogens with zero attached hydrogens (tertiary/aromatic N) is 1. The summed E-state index contributed by atoms with van der Waals surface area (Å²) in [5.41, 5.74) is 0.553. The molecule has 2 aromatic heterocycles. The Morgan fingerprint density at radius 3 is 2.83 bits per heavy atom. The first-order valence-electron chi connectivity index (χ1n) is 7.72. The number of pyridine rings is 1. The lowest BCUT2D eigenvalue weighted by atomic mass is 10.1. The van der Waals surface area contributed by atoms with E-state index in [4.69, 9.17) is 9.15 Å². The predicted molar refractivity (Wildman–Crippen MR) is 87.7 cm³/mol. The summed E-state index contributed by atoms with van der Waals surface area (Å²) < 4.78 is 24.1. The maximum atomic E-state index is 13.4. The lowest BCUT2D eigenvalue weighted by Crippen LogP contribution is -2.12. The second-order valence-corrected chi connectivity index (χ2v) is 5.54. The van der Waals surface area contributed by atoms with E-state index in [1.165, 1.54) is 18.2 Å². The Morgan fingerprint density at radius 2 is 2.08 bits per heavy atom. The molecule has 0 aliphatic carbocycles. The van der Waals surface area contributed by atoms with Crippen molar-refractivity contribution in [1.82, 2.24) is 4.98 Å². The Bertz CT molecular complexity index is 994. The number of benzene rings is 1. The van der Waals surface area contributed by atoms with E-state index >= 15 is 0 Å². The van der Waals surface area contributed by atoms with Crippen molar-refractivity contribution in [3.63, 3.8) is 0 Å². The summed E-state index contributed by atoms with van der Waals surface area (Å²) in [7, 11) is 0. The lowest BCUT2D eigenvalue weighted by Gasteiger charge is -2.08. The number of fused-ring (bicyclic) bond motifs is 2. The van der Waals surface area contributed by atoms with Gasteiger partial charge in [0.05, 0.1) is 28.6 Å². The number of hydrogen-bond donors (Lipinski definition) is 0. The molecule has 0 N–H and O–H groups in total. The number of carbonyl (C=O) groups excluding carboxylic acids is 1. The number of aryl methyl sites for hydroxylation is 1. The molecule has 3 rings (SSSR count). The van der Waals surface area contributed by atoms with Crippen molar-refractivity contribution in [3.05, 3.63) is 51.6 Å². The van der Waals surface area contributed by atoms with Crippen LogP contribution in [0.3, 0.4) is 0 Å². The highest BCUT2D eigenvalue weighted by atomic mass is 19.1. The minimum Gasteiger partial charge on any atom is -0.462 e. The largest absolute Gasteiger partial charge is 0.462 e. The third-order valence-corrected chi connectivity index (χ3v) is 3.77. The minimum absolute atomic E-state index is 0.110. The van der Waals surface area contributed by atoms with Gasteiger partial charge in [0.25, 0.3) is 0 Å². The SMILES string of the molecule is CCCCOC(=O)c1cc2c(=O)c3cc(F)ccc3oc2nc1C. The van der Waals surface area contributed by atoms with E-state index < -0.39 is 17.2 Å². The number of carbonyl (C=O) groups is 1. The van der Waals surface area contributed by atoms with Gasteiger partial charge in [-0.05, 0) is 37.6 Å². The number of halogens is 1. The maximum Gasteiger partial charge on any atom is 0.340 e. The third kappa shape index (κ3) is 2.87. The molecule has 1 aromatic carbocycles. The van der Waals surface area contributed by atoms with Gasteiger partial charge in [0.15, 0.2) is 0 Å². The fourth-order valence-corrected chi connectivity index (χ4v) is 2.44. The van der Waals surface area contributed by atoms with Gasteiger partial charge in [0, 0.05) is 0 Å². The number of esters is 1. The van der Waals surface area contributed by atoms with E-state index in [1.54, 1.807) is 6.92 Å². The first-order valence-corrected chi connectivity index (χ1v) is 7.72. The fraction of sp³-hybridized carbons (Fsp3) is 0.278. The van der Waals surface area contributed by atoms with Gasteiger partial charge in [0.1, 0.15) is 11.4 Å². The summed E-state index contributed by atoms with van der Waals surface area (Å²) in [4.78, 5) is 28.9. The van der Waals surface area contributed by atoms with Crippen LogP contribution in [0.2, 0.25) is 0 Å². The van der Waals surface area contributed by atoms with Crippen LogP contribution in [0.4, 0.5) is 4.39 Å². The predicted octanol–water partition coefficient (Wildman–Crippen LogP) is 3.75. The van der Waals surface area contributed by atoms with Crippen LogP contribution in [0, 0.1) is 12.7 Å². The number of unbranched alkanes of at least 4 members (excludes halogenated alkanes) is 1. The summed E-state index contributed by atoms with van der Waals surface area (Å²) in [5.74, 6) is -1.07. The molecule has 0 bridgehead atoms. The zero-order chi connectivity index (χ0) is 17.3. The molecule has 6 heteroatoms. The molecule has 0 radical (unpaired) electrons. The maximum absolute atomic E-state index is 13.4. The molecule has 2 heterocycles. The molecule has 0 fully saturated rings. The van der Waals surface area contributed by atoms with Crippen LogP contribution in [0.5, 0.6) is 0 Å². The first kappa shape index (κ1) is 16.1. The highest BCUT2D eigenvalue weighted by Gasteiger charge is 2.17. The fourth-order valence-electron chi connectivity index (χ4n) is 2.44. The second kappa shape index (κ2) is 6.39. The van der Waals surface area contributed by atoms with Gasteiger partial charge >= 0.3 is 5.97 Å². The Morgan fingerprint density at radius 1 is 1.29 bits per heavy atom. The van der Waals surface area contributed by atoms with E-state index in [0.29, 0.717) is 12.3 Å². The molecular weight excluding hydrogens is 313 g/mol. The standard InChI is InChI=1S/C18H16FNO4/c1-3-4-7-23-18(22)12-9-14-16(21)13-8-11(19)5-6-15(13)24-17(14)20-10(12)2/h5-6,8-9H,3-4,7H2,1-2H3. The highest BCUT2D eigenvalue weighted by molar-refractivity contribution is 5.96. The van der Waals surface area contributed by atoms with E-state index in [0.717, 1.165) is 18.9 Å². The summed E-state index contributed by atoms with van der Waals surface area (Å²) >= 11 is 0. The Balaban J connectivity index is 2.15. The molecule has 0 saturated carbocycles. The topological polar surface area (TPSA) is 69.4 Å². The van der Waals surface area contributed by atoms with Crippen molar-refractivity contribution < 1.29 is 18.3 Å². The van der Waals surface area contributed by atoms with Crippen LogP contribution in [0.25, 0.3) is 22.1 Å². The van der Waals surface area contributed by atoms with Gasteiger partial charge in [-0.25, -0.2) is 14.2 Å². The zero-order valence-corrected chi connectivity index (χ0v) is 13.4. The molecule has 3 aromatic rings. The minimum atomic E-state index is -0.534. The van der Waals surface area contributed by atoms with Crippen molar-refractivity contribution in [2.24, 2.45) is 0 Å². The van der Waals surface area contributed by atoms with Crippen molar-refractivity contribution >= 4 is 28.0 Å². The summed E-state index contributed by atoms with van der Waals surface area (Å²) in [6.07, 6.45) is 1.67. The molecule has 0 aliphatic rings. The third-order valence-electron chi connectivity index (χ3n) is 3.77. The smallest absolute Gasteiger partial charge is 0.340 e. The molecule has 124 valence electrons.